The van der Waals surface area contributed by atoms with Crippen molar-refractivity contribution in [2.24, 2.45) is 5.92 Å². The molecule has 0 aliphatic heterocycles. The highest BCUT2D eigenvalue weighted by Crippen LogP contribution is 2.14. The second-order valence-corrected chi connectivity index (χ2v) is 4.19. The van der Waals surface area contributed by atoms with Gasteiger partial charge in [0.2, 0.25) is 0 Å². The van der Waals surface area contributed by atoms with Crippen LogP contribution in [0.15, 0.2) is 18.3 Å². The first-order chi connectivity index (χ1) is 7.13. The molecule has 0 aromatic carbocycles. The van der Waals surface area contributed by atoms with Crippen molar-refractivity contribution >= 4 is 11.5 Å². The first-order valence-corrected chi connectivity index (χ1v) is 5.50. The van der Waals surface area contributed by atoms with E-state index in [9.17, 15) is 0 Å². The fourth-order valence-electron chi connectivity index (χ4n) is 1.22. The van der Waals surface area contributed by atoms with Crippen LogP contribution in [0.3, 0.4) is 0 Å². The minimum absolute atomic E-state index is 0.690. The average molecular weight is 207 g/mol. The molecular formula is C12H21N3. The van der Waals surface area contributed by atoms with E-state index in [0.717, 1.165) is 12.4 Å². The molecule has 0 saturated carbocycles. The lowest BCUT2D eigenvalue weighted by molar-refractivity contribution is 0.592. The fraction of sp³-hybridized carbons (Fsp3) is 0.583. The zero-order chi connectivity index (χ0) is 11.3. The van der Waals surface area contributed by atoms with E-state index < -0.39 is 0 Å². The van der Waals surface area contributed by atoms with E-state index in [-0.39, 0.29) is 0 Å². The summed E-state index contributed by atoms with van der Waals surface area (Å²) in [7, 11) is 4.07. The molecular weight excluding hydrogens is 186 g/mol. The number of aromatic nitrogens is 1. The molecule has 3 nitrogen and oxygen atoms in total. The lowest BCUT2D eigenvalue weighted by Gasteiger charge is -2.15. The molecule has 1 aromatic heterocycles. The molecule has 0 aliphatic carbocycles. The number of nitrogens with zero attached hydrogens (tertiary/aromatic N) is 2. The van der Waals surface area contributed by atoms with E-state index >= 15 is 0 Å². The summed E-state index contributed by atoms with van der Waals surface area (Å²) in [6, 6.07) is 4.08. The standard InChI is InChI=1S/C12H21N3/c1-5-10(2)9-14-12-8-11(15(3)4)6-7-13-12/h6-8,10H,5,9H2,1-4H3,(H,13,14). The first-order valence-electron chi connectivity index (χ1n) is 5.50. The van der Waals surface area contributed by atoms with Crippen molar-refractivity contribution in [2.45, 2.75) is 20.3 Å². The molecule has 1 aromatic rings. The van der Waals surface area contributed by atoms with E-state index in [4.69, 9.17) is 0 Å². The van der Waals surface area contributed by atoms with Crippen LogP contribution in [0, 0.1) is 5.92 Å². The van der Waals surface area contributed by atoms with Crippen molar-refractivity contribution in [1.82, 2.24) is 4.98 Å². The van der Waals surface area contributed by atoms with Gasteiger partial charge in [-0.1, -0.05) is 20.3 Å². The topological polar surface area (TPSA) is 28.2 Å². The van der Waals surface area contributed by atoms with Gasteiger partial charge in [0, 0.05) is 38.6 Å². The molecule has 0 radical (unpaired) electrons. The summed E-state index contributed by atoms with van der Waals surface area (Å²) in [5, 5.41) is 3.35. The lowest BCUT2D eigenvalue weighted by atomic mass is 10.1. The summed E-state index contributed by atoms with van der Waals surface area (Å²) in [6.45, 7) is 5.43. The third-order valence-corrected chi connectivity index (χ3v) is 2.59. The van der Waals surface area contributed by atoms with Crippen molar-refractivity contribution in [2.75, 3.05) is 30.9 Å². The monoisotopic (exact) mass is 207 g/mol. The van der Waals surface area contributed by atoms with Crippen LogP contribution in [0.2, 0.25) is 0 Å². The Morgan fingerprint density at radius 1 is 1.47 bits per heavy atom. The maximum atomic E-state index is 4.29. The Kier molecular flexibility index (Phi) is 4.40. The van der Waals surface area contributed by atoms with Gasteiger partial charge in [-0.15, -0.1) is 0 Å². The van der Waals surface area contributed by atoms with Crippen molar-refractivity contribution in [3.05, 3.63) is 18.3 Å². The van der Waals surface area contributed by atoms with E-state index in [1.165, 1.54) is 12.1 Å². The van der Waals surface area contributed by atoms with Crippen molar-refractivity contribution in [3.8, 4) is 0 Å². The summed E-state index contributed by atoms with van der Waals surface area (Å²) in [6.07, 6.45) is 3.04. The number of hydrogen-bond donors (Lipinski definition) is 1. The predicted molar refractivity (Wildman–Crippen MR) is 66.5 cm³/mol. The predicted octanol–water partition coefficient (Wildman–Crippen LogP) is 2.61. The number of pyridine rings is 1. The van der Waals surface area contributed by atoms with Crippen LogP contribution in [0.4, 0.5) is 11.5 Å². The molecule has 0 fully saturated rings. The average Bonchev–Trinajstić information content (AvgIpc) is 2.26. The van der Waals surface area contributed by atoms with Gasteiger partial charge in [0.1, 0.15) is 5.82 Å². The van der Waals surface area contributed by atoms with E-state index in [2.05, 4.69) is 35.1 Å². The fourth-order valence-corrected chi connectivity index (χ4v) is 1.22. The maximum Gasteiger partial charge on any atom is 0.127 e. The normalized spacial score (nSPS) is 12.3. The highest BCUT2D eigenvalue weighted by Gasteiger charge is 2.01. The number of rotatable bonds is 5. The zero-order valence-electron chi connectivity index (χ0n) is 10.1. The van der Waals surface area contributed by atoms with Crippen LogP contribution >= 0.6 is 0 Å². The number of anilines is 2. The Morgan fingerprint density at radius 3 is 2.80 bits per heavy atom. The number of nitrogens with one attached hydrogen (secondary N) is 1. The van der Waals surface area contributed by atoms with Crippen LogP contribution in [-0.4, -0.2) is 25.6 Å². The SMILES string of the molecule is CCC(C)CNc1cc(N(C)C)ccn1. The molecule has 1 N–H and O–H groups in total. The second-order valence-electron chi connectivity index (χ2n) is 4.19. The maximum absolute atomic E-state index is 4.29. The van der Waals surface area contributed by atoms with E-state index in [1.807, 2.05) is 26.4 Å². The van der Waals surface area contributed by atoms with Gasteiger partial charge in [0.05, 0.1) is 0 Å². The Bertz CT molecular complexity index is 297. The van der Waals surface area contributed by atoms with Gasteiger partial charge in [0.15, 0.2) is 0 Å². The molecule has 0 bridgehead atoms. The molecule has 0 saturated heterocycles. The van der Waals surface area contributed by atoms with Crippen molar-refractivity contribution in [1.29, 1.82) is 0 Å². The Morgan fingerprint density at radius 2 is 2.20 bits per heavy atom. The van der Waals surface area contributed by atoms with Crippen molar-refractivity contribution in [3.63, 3.8) is 0 Å². The third-order valence-electron chi connectivity index (χ3n) is 2.59. The second kappa shape index (κ2) is 5.59. The van der Waals surface area contributed by atoms with Gasteiger partial charge in [0.25, 0.3) is 0 Å². The Labute approximate surface area is 92.5 Å². The van der Waals surface area contributed by atoms with Gasteiger partial charge < -0.3 is 10.2 Å². The lowest BCUT2D eigenvalue weighted by Crippen LogP contribution is -2.13. The van der Waals surface area contributed by atoms with Gasteiger partial charge in [-0.05, 0) is 12.0 Å². The molecule has 1 rings (SSSR count). The van der Waals surface area contributed by atoms with Crippen LogP contribution in [0.1, 0.15) is 20.3 Å². The summed E-state index contributed by atoms with van der Waals surface area (Å²) >= 11 is 0. The van der Waals surface area contributed by atoms with Gasteiger partial charge >= 0.3 is 0 Å². The molecule has 3 heteroatoms. The molecule has 0 aliphatic rings. The Balaban J connectivity index is 2.58. The first kappa shape index (κ1) is 11.8. The molecule has 1 heterocycles. The van der Waals surface area contributed by atoms with Crippen LogP contribution < -0.4 is 10.2 Å². The molecule has 15 heavy (non-hydrogen) atoms. The minimum atomic E-state index is 0.690. The summed E-state index contributed by atoms with van der Waals surface area (Å²) < 4.78 is 0. The van der Waals surface area contributed by atoms with Gasteiger partial charge in [-0.2, -0.15) is 0 Å². The van der Waals surface area contributed by atoms with Crippen LogP contribution in [0.5, 0.6) is 0 Å². The summed E-state index contributed by atoms with van der Waals surface area (Å²) in [4.78, 5) is 6.37. The van der Waals surface area contributed by atoms with E-state index in [1.54, 1.807) is 0 Å². The minimum Gasteiger partial charge on any atom is -0.378 e. The van der Waals surface area contributed by atoms with Gasteiger partial charge in [-0.3, -0.25) is 0 Å². The van der Waals surface area contributed by atoms with Crippen LogP contribution in [-0.2, 0) is 0 Å². The van der Waals surface area contributed by atoms with Crippen molar-refractivity contribution < 1.29 is 0 Å². The molecule has 1 atom stereocenters. The summed E-state index contributed by atoms with van der Waals surface area (Å²) in [5.74, 6) is 1.65. The molecule has 1 unspecified atom stereocenters. The highest BCUT2D eigenvalue weighted by atomic mass is 15.1. The van der Waals surface area contributed by atoms with Crippen LogP contribution in [0.25, 0.3) is 0 Å². The quantitative estimate of drug-likeness (QED) is 0.804. The highest BCUT2D eigenvalue weighted by molar-refractivity contribution is 5.52. The van der Waals surface area contributed by atoms with E-state index in [0.29, 0.717) is 5.92 Å². The largest absolute Gasteiger partial charge is 0.378 e. The third kappa shape index (κ3) is 3.78. The summed E-state index contributed by atoms with van der Waals surface area (Å²) in [5.41, 5.74) is 1.18. The molecule has 84 valence electrons. The van der Waals surface area contributed by atoms with Gasteiger partial charge in [-0.25, -0.2) is 4.98 Å². The molecule has 0 spiro atoms. The smallest absolute Gasteiger partial charge is 0.127 e. The zero-order valence-corrected chi connectivity index (χ0v) is 10.1. The Hall–Kier alpha value is -1.25. The molecule has 0 amide bonds. The number of hydrogen-bond acceptors (Lipinski definition) is 3.